The van der Waals surface area contributed by atoms with E-state index in [-0.39, 0.29) is 6.04 Å². The predicted molar refractivity (Wildman–Crippen MR) is 101 cm³/mol. The van der Waals surface area contributed by atoms with Crippen LogP contribution in [0.15, 0.2) is 59.0 Å². The Hall–Kier alpha value is -2.44. The molecule has 27 heavy (non-hydrogen) atoms. The van der Waals surface area contributed by atoms with Crippen LogP contribution < -0.4 is 4.74 Å². The second-order valence-corrected chi connectivity index (χ2v) is 7.83. The first-order valence-corrected chi connectivity index (χ1v) is 9.66. The van der Waals surface area contributed by atoms with Gasteiger partial charge < -0.3 is 4.74 Å². The van der Waals surface area contributed by atoms with E-state index in [0.29, 0.717) is 22.8 Å². The lowest BCUT2D eigenvalue weighted by Crippen LogP contribution is -2.33. The number of ether oxygens (including phenoxy) is 1. The highest BCUT2D eigenvalue weighted by Gasteiger charge is 2.41. The van der Waals surface area contributed by atoms with Crippen LogP contribution in [0, 0.1) is 11.6 Å². The van der Waals surface area contributed by atoms with Crippen molar-refractivity contribution in [1.29, 1.82) is 0 Å². The van der Waals surface area contributed by atoms with Gasteiger partial charge in [-0.15, -0.1) is 11.3 Å². The van der Waals surface area contributed by atoms with Gasteiger partial charge in [0, 0.05) is 22.6 Å². The summed E-state index contributed by atoms with van der Waals surface area (Å²) in [6.07, 6.45) is 0.0495. The van der Waals surface area contributed by atoms with E-state index in [2.05, 4.69) is 0 Å². The van der Waals surface area contributed by atoms with Crippen LogP contribution in [-0.2, 0) is 0 Å². The van der Waals surface area contributed by atoms with Gasteiger partial charge in [-0.05, 0) is 41.8 Å². The largest absolute Gasteiger partial charge is 0.464 e. The SMILES string of the molecule is Fc1ccc(C2Oc3ccc(Cl)cc3C3CC(c4cccs4)=NN32)cc1F. The fourth-order valence-corrected chi connectivity index (χ4v) is 4.44. The Labute approximate surface area is 163 Å². The molecule has 3 aromatic rings. The zero-order valence-electron chi connectivity index (χ0n) is 13.9. The molecule has 136 valence electrons. The minimum atomic E-state index is -0.906. The minimum absolute atomic E-state index is 0.0809. The van der Waals surface area contributed by atoms with Crippen molar-refractivity contribution in [3.63, 3.8) is 0 Å². The van der Waals surface area contributed by atoms with E-state index in [4.69, 9.17) is 21.4 Å². The van der Waals surface area contributed by atoms with Gasteiger partial charge in [-0.1, -0.05) is 23.7 Å². The van der Waals surface area contributed by atoms with Gasteiger partial charge in [0.15, 0.2) is 11.6 Å². The Balaban J connectivity index is 1.62. The molecule has 0 spiro atoms. The third-order valence-corrected chi connectivity index (χ3v) is 5.94. The molecule has 0 fully saturated rings. The van der Waals surface area contributed by atoms with E-state index >= 15 is 0 Å². The van der Waals surface area contributed by atoms with Crippen molar-refractivity contribution in [2.75, 3.05) is 0 Å². The van der Waals surface area contributed by atoms with E-state index in [1.807, 2.05) is 34.7 Å². The average Bonchev–Trinajstić information content (AvgIpc) is 3.33. The Morgan fingerprint density at radius 2 is 2.00 bits per heavy atom. The van der Waals surface area contributed by atoms with Gasteiger partial charge in [-0.25, -0.2) is 13.8 Å². The first-order chi connectivity index (χ1) is 13.1. The topological polar surface area (TPSA) is 24.8 Å². The van der Waals surface area contributed by atoms with Crippen LogP contribution in [0.5, 0.6) is 5.75 Å². The number of halogens is 3. The molecule has 2 aliphatic heterocycles. The first kappa shape index (κ1) is 16.7. The van der Waals surface area contributed by atoms with Gasteiger partial charge in [0.05, 0.1) is 16.6 Å². The Morgan fingerprint density at radius 1 is 1.11 bits per heavy atom. The second-order valence-electron chi connectivity index (χ2n) is 6.45. The molecule has 0 radical (unpaired) electrons. The molecule has 0 aliphatic carbocycles. The lowest BCUT2D eigenvalue weighted by molar-refractivity contribution is -0.0192. The molecule has 3 nitrogen and oxygen atoms in total. The fraction of sp³-hybridized carbons (Fsp3) is 0.150. The quantitative estimate of drug-likeness (QED) is 0.531. The molecule has 0 saturated carbocycles. The summed E-state index contributed by atoms with van der Waals surface area (Å²) in [6.45, 7) is 0. The number of thiophene rings is 1. The van der Waals surface area contributed by atoms with Crippen molar-refractivity contribution in [3.8, 4) is 5.75 Å². The van der Waals surface area contributed by atoms with Crippen LogP contribution in [0.2, 0.25) is 5.02 Å². The molecule has 2 aromatic carbocycles. The lowest BCUT2D eigenvalue weighted by atomic mass is 9.97. The molecule has 0 amide bonds. The van der Waals surface area contributed by atoms with Gasteiger partial charge in [0.25, 0.3) is 0 Å². The zero-order valence-corrected chi connectivity index (χ0v) is 15.5. The number of hydrogen-bond donors (Lipinski definition) is 0. The van der Waals surface area contributed by atoms with Crippen molar-refractivity contribution < 1.29 is 13.5 Å². The van der Waals surface area contributed by atoms with E-state index in [0.717, 1.165) is 28.3 Å². The summed E-state index contributed by atoms with van der Waals surface area (Å²) in [5.41, 5.74) is 2.39. The minimum Gasteiger partial charge on any atom is -0.464 e. The number of hydrazone groups is 1. The van der Waals surface area contributed by atoms with Crippen LogP contribution in [0.4, 0.5) is 8.78 Å². The molecule has 5 rings (SSSR count). The summed E-state index contributed by atoms with van der Waals surface area (Å²) in [7, 11) is 0. The summed E-state index contributed by atoms with van der Waals surface area (Å²) in [4.78, 5) is 1.08. The van der Waals surface area contributed by atoms with E-state index in [1.165, 1.54) is 6.07 Å². The van der Waals surface area contributed by atoms with Crippen LogP contribution >= 0.6 is 22.9 Å². The number of benzene rings is 2. The van der Waals surface area contributed by atoms with Crippen molar-refractivity contribution in [3.05, 3.63) is 86.6 Å². The van der Waals surface area contributed by atoms with Gasteiger partial charge in [-0.2, -0.15) is 5.10 Å². The van der Waals surface area contributed by atoms with E-state index in [9.17, 15) is 8.78 Å². The highest BCUT2D eigenvalue weighted by Crippen LogP contribution is 2.48. The van der Waals surface area contributed by atoms with E-state index < -0.39 is 17.9 Å². The zero-order chi connectivity index (χ0) is 18.5. The molecule has 7 heteroatoms. The Kier molecular flexibility index (Phi) is 3.91. The highest BCUT2D eigenvalue weighted by molar-refractivity contribution is 7.12. The smallest absolute Gasteiger partial charge is 0.213 e. The first-order valence-electron chi connectivity index (χ1n) is 8.41. The summed E-state index contributed by atoms with van der Waals surface area (Å²) in [5.74, 6) is -1.11. The molecule has 0 bridgehead atoms. The summed E-state index contributed by atoms with van der Waals surface area (Å²) in [5, 5.41) is 9.21. The fourth-order valence-electron chi connectivity index (χ4n) is 3.54. The standard InChI is InChI=1S/C20H13ClF2N2OS/c21-12-4-6-18-13(9-12)17-10-16(19-2-1-7-27-19)24-25(17)20(26-18)11-3-5-14(22)15(23)8-11/h1-9,17,20H,10H2. The normalized spacial score (nSPS) is 20.7. The third-order valence-electron chi connectivity index (χ3n) is 4.79. The third kappa shape index (κ3) is 2.80. The van der Waals surface area contributed by atoms with Crippen LogP contribution in [0.1, 0.15) is 34.7 Å². The molecular formula is C20H13ClF2N2OS. The lowest BCUT2D eigenvalue weighted by Gasteiger charge is -2.38. The number of rotatable bonds is 2. The van der Waals surface area contributed by atoms with Crippen LogP contribution in [0.25, 0.3) is 0 Å². The van der Waals surface area contributed by atoms with Gasteiger partial charge >= 0.3 is 0 Å². The molecule has 2 aliphatic rings. The van der Waals surface area contributed by atoms with Crippen molar-refractivity contribution in [1.82, 2.24) is 5.01 Å². The Bertz CT molecular complexity index is 1050. The van der Waals surface area contributed by atoms with E-state index in [1.54, 1.807) is 17.4 Å². The second kappa shape index (κ2) is 6.32. The molecule has 2 unspecified atom stereocenters. The molecule has 2 atom stereocenters. The number of nitrogens with zero attached hydrogens (tertiary/aromatic N) is 2. The molecule has 0 saturated heterocycles. The van der Waals surface area contributed by atoms with Crippen molar-refractivity contribution in [2.24, 2.45) is 5.10 Å². The maximum absolute atomic E-state index is 13.8. The molecule has 1 aromatic heterocycles. The predicted octanol–water partition coefficient (Wildman–Crippen LogP) is 5.92. The molecular weight excluding hydrogens is 390 g/mol. The maximum Gasteiger partial charge on any atom is 0.213 e. The summed E-state index contributed by atoms with van der Waals surface area (Å²) < 4.78 is 33.3. The number of fused-ring (bicyclic) bond motifs is 3. The van der Waals surface area contributed by atoms with Gasteiger partial charge in [-0.3, -0.25) is 0 Å². The molecule has 0 N–H and O–H groups in total. The number of hydrogen-bond acceptors (Lipinski definition) is 4. The monoisotopic (exact) mass is 402 g/mol. The van der Waals surface area contributed by atoms with Crippen molar-refractivity contribution in [2.45, 2.75) is 18.7 Å². The van der Waals surface area contributed by atoms with Crippen LogP contribution in [0.3, 0.4) is 0 Å². The maximum atomic E-state index is 13.8. The summed E-state index contributed by atoms with van der Waals surface area (Å²) in [6, 6.07) is 13.2. The highest BCUT2D eigenvalue weighted by atomic mass is 35.5. The van der Waals surface area contributed by atoms with Gasteiger partial charge in [0.1, 0.15) is 5.75 Å². The Morgan fingerprint density at radius 3 is 2.78 bits per heavy atom. The van der Waals surface area contributed by atoms with Crippen LogP contribution in [-0.4, -0.2) is 10.7 Å². The van der Waals surface area contributed by atoms with Crippen molar-refractivity contribution >= 4 is 28.6 Å². The summed E-state index contributed by atoms with van der Waals surface area (Å²) >= 11 is 7.81. The molecule has 3 heterocycles. The average molecular weight is 403 g/mol. The van der Waals surface area contributed by atoms with Gasteiger partial charge in [0.2, 0.25) is 6.23 Å².